The number of amides is 2. The molecule has 0 saturated carbocycles. The van der Waals surface area contributed by atoms with Crippen LogP contribution < -0.4 is 15.4 Å². The molecule has 4 heteroatoms. The molecule has 0 spiro atoms. The van der Waals surface area contributed by atoms with Crippen LogP contribution in [0.2, 0.25) is 0 Å². The fourth-order valence-electron chi connectivity index (χ4n) is 3.11. The highest BCUT2D eigenvalue weighted by Crippen LogP contribution is 2.45. The van der Waals surface area contributed by atoms with Gasteiger partial charge in [-0.3, -0.25) is 0 Å². The summed E-state index contributed by atoms with van der Waals surface area (Å²) in [4.78, 5) is 11.9. The fraction of sp³-hybridized carbons (Fsp3) is 0.550. The highest BCUT2D eigenvalue weighted by molar-refractivity contribution is 5.77. The summed E-state index contributed by atoms with van der Waals surface area (Å²) in [6.07, 6.45) is 4.31. The van der Waals surface area contributed by atoms with Gasteiger partial charge in [-0.1, -0.05) is 26.0 Å². The smallest absolute Gasteiger partial charge is 0.315 e. The normalized spacial score (nSPS) is 18.0. The predicted molar refractivity (Wildman–Crippen MR) is 99.4 cm³/mol. The Labute approximate surface area is 145 Å². The van der Waals surface area contributed by atoms with Crippen LogP contribution in [0.25, 0.3) is 5.57 Å². The molecule has 2 amide bonds. The molecule has 4 nitrogen and oxygen atoms in total. The minimum atomic E-state index is -0.235. The van der Waals surface area contributed by atoms with E-state index in [1.54, 1.807) is 7.11 Å². The third-order valence-electron chi connectivity index (χ3n) is 4.41. The van der Waals surface area contributed by atoms with Crippen LogP contribution in [0.4, 0.5) is 4.79 Å². The lowest BCUT2D eigenvalue weighted by molar-refractivity contribution is 0.233. The number of nitrogens with one attached hydrogen (secondary N) is 2. The lowest BCUT2D eigenvalue weighted by atomic mass is 9.70. The minimum Gasteiger partial charge on any atom is -0.497 e. The first kappa shape index (κ1) is 18.4. The van der Waals surface area contributed by atoms with Crippen LogP contribution in [0.1, 0.15) is 52.2 Å². The summed E-state index contributed by atoms with van der Waals surface area (Å²) >= 11 is 0. The molecule has 1 aromatic rings. The van der Waals surface area contributed by atoms with Crippen LogP contribution in [0.15, 0.2) is 24.3 Å². The first-order valence-corrected chi connectivity index (χ1v) is 8.56. The van der Waals surface area contributed by atoms with Crippen LogP contribution in [0.3, 0.4) is 0 Å². The molecule has 1 aliphatic rings. The van der Waals surface area contributed by atoms with E-state index < -0.39 is 0 Å². The molecule has 132 valence electrons. The van der Waals surface area contributed by atoms with Crippen molar-refractivity contribution in [1.82, 2.24) is 10.6 Å². The zero-order valence-corrected chi connectivity index (χ0v) is 15.7. The maximum atomic E-state index is 11.9. The molecule has 0 radical (unpaired) electrons. The molecule has 0 heterocycles. The van der Waals surface area contributed by atoms with E-state index in [9.17, 15) is 4.79 Å². The van der Waals surface area contributed by atoms with Crippen LogP contribution in [-0.4, -0.2) is 25.2 Å². The lowest BCUT2D eigenvalue weighted by Crippen LogP contribution is -2.46. The van der Waals surface area contributed by atoms with E-state index in [0.29, 0.717) is 6.54 Å². The fourth-order valence-corrected chi connectivity index (χ4v) is 3.11. The highest BCUT2D eigenvalue weighted by Gasteiger charge is 2.30. The highest BCUT2D eigenvalue weighted by atomic mass is 16.5. The Bertz CT molecular complexity index is 640. The third-order valence-corrected chi connectivity index (χ3v) is 4.41. The summed E-state index contributed by atoms with van der Waals surface area (Å²) in [5, 5.41) is 5.84. The third kappa shape index (κ3) is 4.53. The second-order valence-electron chi connectivity index (χ2n) is 8.11. The molecule has 0 saturated heterocycles. The number of carbonyl (C=O) groups is 1. The summed E-state index contributed by atoms with van der Waals surface area (Å²) in [6.45, 7) is 10.9. The molecular formula is C20H30N2O2. The number of hydrogen-bond donors (Lipinski definition) is 2. The molecule has 1 aliphatic carbocycles. The quantitative estimate of drug-likeness (QED) is 0.875. The number of benzene rings is 1. The van der Waals surface area contributed by atoms with Crippen molar-refractivity contribution in [3.63, 3.8) is 0 Å². The summed E-state index contributed by atoms with van der Waals surface area (Å²) in [7, 11) is 1.69. The van der Waals surface area contributed by atoms with E-state index in [4.69, 9.17) is 4.74 Å². The van der Waals surface area contributed by atoms with Crippen LogP contribution in [0, 0.1) is 5.41 Å². The molecular weight excluding hydrogens is 300 g/mol. The second-order valence-corrected chi connectivity index (χ2v) is 8.11. The van der Waals surface area contributed by atoms with Crippen molar-refractivity contribution < 1.29 is 9.53 Å². The maximum absolute atomic E-state index is 11.9. The molecule has 0 aromatic heterocycles. The van der Waals surface area contributed by atoms with Gasteiger partial charge in [0, 0.05) is 12.1 Å². The standard InChI is InChI=1S/C20H30N2O2/c1-19(2,3)22-18(23)21-12-10-17-16-13-15(24-6)8-7-14(16)9-11-20(17,4)5/h7-8,10,13H,9,11-12H2,1-6H3,(H2,21,22,23)/b17-10-. The van der Waals surface area contributed by atoms with E-state index in [1.807, 2.05) is 26.8 Å². The SMILES string of the molecule is COc1ccc2c(c1)/C(=C/CNC(=O)NC(C)(C)C)C(C)(C)CC2. The molecule has 1 aromatic carbocycles. The van der Waals surface area contributed by atoms with Gasteiger partial charge in [0.05, 0.1) is 7.11 Å². The summed E-state index contributed by atoms with van der Waals surface area (Å²) in [5.74, 6) is 0.871. The Kier molecular flexibility index (Phi) is 5.26. The number of ether oxygens (including phenoxy) is 1. The molecule has 2 N–H and O–H groups in total. The van der Waals surface area contributed by atoms with E-state index in [2.05, 4.69) is 42.7 Å². The number of hydrogen-bond acceptors (Lipinski definition) is 2. The Hall–Kier alpha value is -1.97. The van der Waals surface area contributed by atoms with Gasteiger partial charge < -0.3 is 15.4 Å². The van der Waals surface area contributed by atoms with Crippen molar-refractivity contribution in [1.29, 1.82) is 0 Å². The minimum absolute atomic E-state index is 0.0849. The molecule has 0 bridgehead atoms. The molecule has 0 aliphatic heterocycles. The zero-order chi connectivity index (χ0) is 18.0. The van der Waals surface area contributed by atoms with Gasteiger partial charge >= 0.3 is 6.03 Å². The van der Waals surface area contributed by atoms with Crippen molar-refractivity contribution in [3.05, 3.63) is 35.4 Å². The average Bonchev–Trinajstić information content (AvgIpc) is 2.47. The van der Waals surface area contributed by atoms with Crippen molar-refractivity contribution in [2.75, 3.05) is 13.7 Å². The van der Waals surface area contributed by atoms with Gasteiger partial charge in [-0.25, -0.2) is 4.79 Å². The van der Waals surface area contributed by atoms with Gasteiger partial charge in [0.25, 0.3) is 0 Å². The van der Waals surface area contributed by atoms with Gasteiger partial charge in [0.1, 0.15) is 5.75 Å². The second kappa shape index (κ2) is 6.88. The molecule has 0 fully saturated rings. The zero-order valence-electron chi connectivity index (χ0n) is 15.7. The number of aryl methyl sites for hydroxylation is 1. The number of carbonyl (C=O) groups excluding carboxylic acids is 1. The molecule has 2 rings (SSSR count). The van der Waals surface area contributed by atoms with Crippen LogP contribution in [-0.2, 0) is 6.42 Å². The summed E-state index contributed by atoms with van der Waals surface area (Å²) < 4.78 is 5.39. The monoisotopic (exact) mass is 330 g/mol. The topological polar surface area (TPSA) is 50.4 Å². The molecule has 24 heavy (non-hydrogen) atoms. The number of allylic oxidation sites excluding steroid dienone is 1. The lowest BCUT2D eigenvalue weighted by Gasteiger charge is -2.35. The average molecular weight is 330 g/mol. The van der Waals surface area contributed by atoms with Crippen LogP contribution in [0.5, 0.6) is 5.75 Å². The Morgan fingerprint density at radius 3 is 2.67 bits per heavy atom. The number of rotatable bonds is 3. The maximum Gasteiger partial charge on any atom is 0.315 e. The van der Waals surface area contributed by atoms with Crippen molar-refractivity contribution >= 4 is 11.6 Å². The number of urea groups is 1. The number of fused-ring (bicyclic) bond motifs is 1. The molecule has 0 atom stereocenters. The van der Waals surface area contributed by atoms with Gasteiger partial charge in [0.2, 0.25) is 0 Å². The van der Waals surface area contributed by atoms with Crippen molar-refractivity contribution in [2.24, 2.45) is 5.41 Å². The van der Waals surface area contributed by atoms with E-state index in [0.717, 1.165) is 18.6 Å². The summed E-state index contributed by atoms with van der Waals surface area (Å²) in [5.41, 5.74) is 3.71. The Balaban J connectivity index is 2.19. The van der Waals surface area contributed by atoms with E-state index in [-0.39, 0.29) is 17.0 Å². The van der Waals surface area contributed by atoms with Crippen molar-refractivity contribution in [2.45, 2.75) is 53.0 Å². The van der Waals surface area contributed by atoms with Gasteiger partial charge in [-0.15, -0.1) is 0 Å². The Morgan fingerprint density at radius 2 is 2.04 bits per heavy atom. The predicted octanol–water partition coefficient (Wildman–Crippen LogP) is 4.15. The largest absolute Gasteiger partial charge is 0.497 e. The van der Waals surface area contributed by atoms with Gasteiger partial charge in [0.15, 0.2) is 0 Å². The van der Waals surface area contributed by atoms with E-state index in [1.165, 1.54) is 16.7 Å². The van der Waals surface area contributed by atoms with Gasteiger partial charge in [-0.2, -0.15) is 0 Å². The molecule has 0 unspecified atom stereocenters. The summed E-state index contributed by atoms with van der Waals surface area (Å²) in [6, 6.07) is 6.14. The Morgan fingerprint density at radius 1 is 1.33 bits per heavy atom. The number of methoxy groups -OCH3 is 1. The van der Waals surface area contributed by atoms with E-state index >= 15 is 0 Å². The first-order chi connectivity index (χ1) is 11.1. The van der Waals surface area contributed by atoms with Crippen molar-refractivity contribution in [3.8, 4) is 5.75 Å². The first-order valence-electron chi connectivity index (χ1n) is 8.56. The van der Waals surface area contributed by atoms with Crippen LogP contribution >= 0.6 is 0 Å². The van der Waals surface area contributed by atoms with Gasteiger partial charge in [-0.05, 0) is 67.9 Å².